The molecular formula is C19H22N2O3. The highest BCUT2D eigenvalue weighted by molar-refractivity contribution is 5.75. The van der Waals surface area contributed by atoms with Gasteiger partial charge in [-0.2, -0.15) is 0 Å². The second kappa shape index (κ2) is 7.36. The van der Waals surface area contributed by atoms with Crippen LogP contribution in [0.25, 0.3) is 11.0 Å². The number of para-hydroxylation sites is 2. The normalized spacial score (nSPS) is 12.3. The molecule has 0 radical (unpaired) electrons. The number of aliphatic hydroxyl groups is 1. The summed E-state index contributed by atoms with van der Waals surface area (Å²) >= 11 is 0. The molecule has 1 unspecified atom stereocenters. The Labute approximate surface area is 141 Å². The summed E-state index contributed by atoms with van der Waals surface area (Å²) in [4.78, 5) is 4.53. The third-order valence-electron chi connectivity index (χ3n) is 3.89. The minimum atomic E-state index is -0.600. The highest BCUT2D eigenvalue weighted by Crippen LogP contribution is 2.22. The van der Waals surface area contributed by atoms with Gasteiger partial charge in [0, 0.05) is 12.6 Å². The number of hydrogen-bond donors (Lipinski definition) is 1. The summed E-state index contributed by atoms with van der Waals surface area (Å²) in [6.45, 7) is 3.06. The lowest BCUT2D eigenvalue weighted by atomic mass is 10.3. The van der Waals surface area contributed by atoms with E-state index in [1.165, 1.54) is 0 Å². The molecule has 0 aliphatic carbocycles. The van der Waals surface area contributed by atoms with Crippen molar-refractivity contribution in [3.63, 3.8) is 0 Å². The molecule has 1 aromatic heterocycles. The Bertz CT molecular complexity index is 811. The molecule has 126 valence electrons. The van der Waals surface area contributed by atoms with E-state index in [1.54, 1.807) is 14.0 Å². The zero-order valence-corrected chi connectivity index (χ0v) is 14.0. The number of fused-ring (bicyclic) bond motifs is 1. The monoisotopic (exact) mass is 326 g/mol. The number of aromatic nitrogens is 2. The maximum absolute atomic E-state index is 9.97. The van der Waals surface area contributed by atoms with Gasteiger partial charge in [0.25, 0.3) is 0 Å². The summed E-state index contributed by atoms with van der Waals surface area (Å²) < 4.78 is 13.0. The molecule has 0 saturated heterocycles. The highest BCUT2D eigenvalue weighted by atomic mass is 16.5. The van der Waals surface area contributed by atoms with Crippen LogP contribution in [0.2, 0.25) is 0 Å². The smallest absolute Gasteiger partial charge is 0.138 e. The van der Waals surface area contributed by atoms with E-state index in [2.05, 4.69) is 9.55 Å². The van der Waals surface area contributed by atoms with Crippen LogP contribution in [0.3, 0.4) is 0 Å². The molecule has 0 aliphatic heterocycles. The molecule has 5 nitrogen and oxygen atoms in total. The lowest BCUT2D eigenvalue weighted by molar-refractivity contribution is 0.183. The molecule has 0 spiro atoms. The fraction of sp³-hybridized carbons (Fsp3) is 0.316. The van der Waals surface area contributed by atoms with E-state index in [1.807, 2.05) is 48.5 Å². The minimum Gasteiger partial charge on any atom is -0.497 e. The van der Waals surface area contributed by atoms with Gasteiger partial charge in [-0.05, 0) is 37.6 Å². The fourth-order valence-electron chi connectivity index (χ4n) is 2.75. The number of nitrogens with zero attached hydrogens (tertiary/aromatic N) is 2. The highest BCUT2D eigenvalue weighted by Gasteiger charge is 2.14. The van der Waals surface area contributed by atoms with Crippen LogP contribution in [0, 0.1) is 0 Å². The van der Waals surface area contributed by atoms with E-state index in [9.17, 15) is 5.11 Å². The number of aryl methyl sites for hydroxylation is 1. The number of imidazole rings is 1. The van der Waals surface area contributed by atoms with Gasteiger partial charge >= 0.3 is 0 Å². The largest absolute Gasteiger partial charge is 0.497 e. The first kappa shape index (κ1) is 16.3. The average Bonchev–Trinajstić information content (AvgIpc) is 2.98. The Hall–Kier alpha value is -2.53. The van der Waals surface area contributed by atoms with Crippen LogP contribution in [-0.4, -0.2) is 28.4 Å². The van der Waals surface area contributed by atoms with Crippen molar-refractivity contribution in [2.75, 3.05) is 13.7 Å². The number of methoxy groups -OCH3 is 1. The SMILES string of the molecule is COc1cccc(OCCCn2c(C(C)O)nc3ccccc32)c1. The van der Waals surface area contributed by atoms with Gasteiger partial charge in [0.1, 0.15) is 23.4 Å². The zero-order chi connectivity index (χ0) is 16.9. The summed E-state index contributed by atoms with van der Waals surface area (Å²) in [6.07, 6.45) is 0.216. The van der Waals surface area contributed by atoms with Gasteiger partial charge in [0.2, 0.25) is 0 Å². The van der Waals surface area contributed by atoms with E-state index in [4.69, 9.17) is 9.47 Å². The Morgan fingerprint density at radius 1 is 1.12 bits per heavy atom. The third kappa shape index (κ3) is 3.51. The van der Waals surface area contributed by atoms with Crippen LogP contribution in [0.1, 0.15) is 25.3 Å². The van der Waals surface area contributed by atoms with E-state index in [-0.39, 0.29) is 0 Å². The predicted octanol–water partition coefficient (Wildman–Crippen LogP) is 3.57. The molecular weight excluding hydrogens is 304 g/mol. The van der Waals surface area contributed by atoms with Gasteiger partial charge in [0.05, 0.1) is 24.8 Å². The predicted molar refractivity (Wildman–Crippen MR) is 93.5 cm³/mol. The summed E-state index contributed by atoms with van der Waals surface area (Å²) in [6, 6.07) is 15.5. The average molecular weight is 326 g/mol. The van der Waals surface area contributed by atoms with Crippen LogP contribution in [0.15, 0.2) is 48.5 Å². The molecule has 1 atom stereocenters. The van der Waals surface area contributed by atoms with Crippen molar-refractivity contribution in [3.8, 4) is 11.5 Å². The van der Waals surface area contributed by atoms with Crippen molar-refractivity contribution in [2.45, 2.75) is 26.0 Å². The molecule has 24 heavy (non-hydrogen) atoms. The zero-order valence-electron chi connectivity index (χ0n) is 14.0. The third-order valence-corrected chi connectivity index (χ3v) is 3.89. The maximum atomic E-state index is 9.97. The number of rotatable bonds is 7. The molecule has 1 heterocycles. The lowest BCUT2D eigenvalue weighted by Gasteiger charge is -2.12. The van der Waals surface area contributed by atoms with Crippen LogP contribution in [0.4, 0.5) is 0 Å². The van der Waals surface area contributed by atoms with Crippen LogP contribution in [-0.2, 0) is 6.54 Å². The molecule has 0 saturated carbocycles. The van der Waals surface area contributed by atoms with Crippen LogP contribution >= 0.6 is 0 Å². The van der Waals surface area contributed by atoms with E-state index in [0.29, 0.717) is 12.4 Å². The van der Waals surface area contributed by atoms with Gasteiger partial charge < -0.3 is 19.1 Å². The standard InChI is InChI=1S/C19H22N2O3/c1-14(22)19-20-17-9-3-4-10-18(17)21(19)11-6-12-24-16-8-5-7-15(13-16)23-2/h3-5,7-10,13-14,22H,6,11-12H2,1-2H3. The molecule has 2 aromatic carbocycles. The molecule has 5 heteroatoms. The maximum Gasteiger partial charge on any atom is 0.138 e. The molecule has 0 fully saturated rings. The van der Waals surface area contributed by atoms with Crippen molar-refractivity contribution in [1.82, 2.24) is 9.55 Å². The first-order chi connectivity index (χ1) is 11.7. The number of ether oxygens (including phenoxy) is 2. The van der Waals surface area contributed by atoms with Crippen molar-refractivity contribution in [1.29, 1.82) is 0 Å². The lowest BCUT2D eigenvalue weighted by Crippen LogP contribution is -2.09. The Balaban J connectivity index is 1.66. The van der Waals surface area contributed by atoms with Gasteiger partial charge in [-0.3, -0.25) is 0 Å². The Kier molecular flexibility index (Phi) is 5.01. The fourth-order valence-corrected chi connectivity index (χ4v) is 2.75. The minimum absolute atomic E-state index is 0.582. The second-order valence-corrected chi connectivity index (χ2v) is 5.67. The van der Waals surface area contributed by atoms with Crippen molar-refractivity contribution < 1.29 is 14.6 Å². The molecule has 0 aliphatic rings. The van der Waals surface area contributed by atoms with Crippen molar-refractivity contribution in [2.24, 2.45) is 0 Å². The van der Waals surface area contributed by atoms with Gasteiger partial charge in [0.15, 0.2) is 0 Å². The van der Waals surface area contributed by atoms with Gasteiger partial charge in [-0.1, -0.05) is 18.2 Å². The van der Waals surface area contributed by atoms with Crippen molar-refractivity contribution >= 4 is 11.0 Å². The Morgan fingerprint density at radius 2 is 1.92 bits per heavy atom. The molecule has 1 N–H and O–H groups in total. The topological polar surface area (TPSA) is 56.5 Å². The van der Waals surface area contributed by atoms with Gasteiger partial charge in [-0.15, -0.1) is 0 Å². The number of benzene rings is 2. The summed E-state index contributed by atoms with van der Waals surface area (Å²) in [5, 5.41) is 9.97. The van der Waals surface area contributed by atoms with Crippen LogP contribution in [0.5, 0.6) is 11.5 Å². The summed E-state index contributed by atoms with van der Waals surface area (Å²) in [7, 11) is 1.64. The first-order valence-corrected chi connectivity index (χ1v) is 8.09. The second-order valence-electron chi connectivity index (χ2n) is 5.67. The molecule has 0 bridgehead atoms. The van der Waals surface area contributed by atoms with Crippen molar-refractivity contribution in [3.05, 3.63) is 54.4 Å². The quantitative estimate of drug-likeness (QED) is 0.674. The summed E-state index contributed by atoms with van der Waals surface area (Å²) in [5.74, 6) is 2.27. The first-order valence-electron chi connectivity index (χ1n) is 8.09. The van der Waals surface area contributed by atoms with Crippen LogP contribution < -0.4 is 9.47 Å². The summed E-state index contributed by atoms with van der Waals surface area (Å²) in [5.41, 5.74) is 1.94. The van der Waals surface area contributed by atoms with E-state index < -0.39 is 6.10 Å². The number of hydrogen-bond acceptors (Lipinski definition) is 4. The Morgan fingerprint density at radius 3 is 2.71 bits per heavy atom. The molecule has 0 amide bonds. The molecule has 3 rings (SSSR count). The van der Waals surface area contributed by atoms with E-state index in [0.717, 1.165) is 35.5 Å². The number of aliphatic hydroxyl groups excluding tert-OH is 1. The molecule has 3 aromatic rings. The van der Waals surface area contributed by atoms with E-state index >= 15 is 0 Å². The van der Waals surface area contributed by atoms with Gasteiger partial charge in [-0.25, -0.2) is 4.98 Å².